The van der Waals surface area contributed by atoms with E-state index in [1.807, 2.05) is 0 Å². The summed E-state index contributed by atoms with van der Waals surface area (Å²) in [6, 6.07) is 67.6. The first-order valence-electron chi connectivity index (χ1n) is 30.5. The van der Waals surface area contributed by atoms with Gasteiger partial charge in [-0.25, -0.2) is 0 Å². The molecule has 418 valence electrons. The van der Waals surface area contributed by atoms with Gasteiger partial charge >= 0.3 is 0 Å². The van der Waals surface area contributed by atoms with Crippen molar-refractivity contribution in [2.24, 2.45) is 0 Å². The maximum absolute atomic E-state index is 2.74. The molecule has 4 aliphatic rings. The Morgan fingerprint density at radius 1 is 0.313 bits per heavy atom. The maximum Gasteiger partial charge on any atom is 0.264 e. The van der Waals surface area contributed by atoms with Gasteiger partial charge in [0.1, 0.15) is 0 Å². The Morgan fingerprint density at radius 3 is 1.11 bits per heavy atom. The maximum atomic E-state index is 2.74. The van der Waals surface area contributed by atoms with Gasteiger partial charge in [-0.15, -0.1) is 0 Å². The van der Waals surface area contributed by atoms with Crippen LogP contribution in [-0.4, -0.2) is 13.4 Å². The second kappa shape index (κ2) is 18.7. The molecular weight excluding hydrogens is 1020 g/mol. The molecule has 1 atom stereocenters. The lowest BCUT2D eigenvalue weighted by Gasteiger charge is -2.46. The minimum Gasteiger partial charge on any atom is -0.311 e. The number of nitrogens with zero attached hydrogens (tertiary/aromatic N) is 3. The summed E-state index contributed by atoms with van der Waals surface area (Å²) in [4.78, 5) is 8.06. The topological polar surface area (TPSA) is 9.72 Å². The summed E-state index contributed by atoms with van der Waals surface area (Å²) >= 11 is 2.08. The van der Waals surface area contributed by atoms with Crippen molar-refractivity contribution in [3.63, 3.8) is 0 Å². The van der Waals surface area contributed by atoms with Crippen molar-refractivity contribution in [3.8, 4) is 0 Å². The highest BCUT2D eigenvalue weighted by Crippen LogP contribution is 2.54. The Morgan fingerprint density at radius 2 is 0.663 bits per heavy atom. The zero-order chi connectivity index (χ0) is 58.8. The molecule has 1 aromatic heterocycles. The second-order valence-electron chi connectivity index (χ2n) is 30.7. The molecule has 4 aliphatic heterocycles. The first-order chi connectivity index (χ1) is 39.0. The van der Waals surface area contributed by atoms with Crippen molar-refractivity contribution in [1.82, 2.24) is 0 Å². The predicted molar refractivity (Wildman–Crippen MR) is 364 cm³/mol. The number of rotatable bonds is 4. The summed E-state index contributed by atoms with van der Waals surface area (Å²) in [7, 11) is 0. The monoisotopic (exact) mass is 1100 g/mol. The smallest absolute Gasteiger partial charge is 0.264 e. The van der Waals surface area contributed by atoms with E-state index in [2.05, 4.69) is 321 Å². The first-order valence-corrected chi connectivity index (χ1v) is 31.3. The normalized spacial score (nSPS) is 15.6. The van der Waals surface area contributed by atoms with Gasteiger partial charge in [-0.3, -0.25) is 0 Å². The molecule has 1 unspecified atom stereocenters. The van der Waals surface area contributed by atoms with Crippen LogP contribution >= 0.6 is 11.3 Å². The fourth-order valence-corrected chi connectivity index (χ4v) is 15.4. The molecule has 5 heterocycles. The zero-order valence-electron chi connectivity index (χ0n) is 52.6. The number of thiophene rings is 1. The van der Waals surface area contributed by atoms with E-state index in [0.29, 0.717) is 0 Å². The molecule has 8 aromatic carbocycles. The fraction of sp³-hybridized carbons (Fsp3) is 0.325. The largest absolute Gasteiger partial charge is 0.311 e. The fourth-order valence-electron chi connectivity index (χ4n) is 13.9. The molecule has 0 aliphatic carbocycles. The van der Waals surface area contributed by atoms with E-state index in [1.165, 1.54) is 133 Å². The van der Waals surface area contributed by atoms with Gasteiger partial charge in [0.05, 0.1) is 11.4 Å². The highest BCUT2D eigenvalue weighted by molar-refractivity contribution is 7.38. The number of para-hydroxylation sites is 1. The Hall–Kier alpha value is -7.01. The van der Waals surface area contributed by atoms with Gasteiger partial charge in [0.25, 0.3) is 13.4 Å². The van der Waals surface area contributed by atoms with E-state index in [9.17, 15) is 0 Å². The van der Waals surface area contributed by atoms with E-state index in [0.717, 1.165) is 0 Å². The quantitative estimate of drug-likeness (QED) is 0.163. The molecule has 0 N–H and O–H groups in total. The Bertz CT molecular complexity index is 3770. The molecule has 0 amide bonds. The van der Waals surface area contributed by atoms with Crippen LogP contribution in [0, 0.1) is 0 Å². The van der Waals surface area contributed by atoms with Gasteiger partial charge < -0.3 is 14.7 Å². The highest BCUT2D eigenvalue weighted by atomic mass is 32.1. The molecule has 0 spiro atoms. The van der Waals surface area contributed by atoms with E-state index < -0.39 is 0 Å². The number of benzene rings is 8. The van der Waals surface area contributed by atoms with Crippen molar-refractivity contribution in [2.75, 3.05) is 14.7 Å². The third-order valence-corrected chi connectivity index (χ3v) is 20.0. The lowest BCUT2D eigenvalue weighted by Crippen LogP contribution is -2.61. The van der Waals surface area contributed by atoms with Crippen molar-refractivity contribution in [3.05, 3.63) is 220 Å². The molecule has 0 saturated heterocycles. The van der Waals surface area contributed by atoms with Crippen LogP contribution in [0.2, 0.25) is 0 Å². The Labute approximate surface area is 502 Å². The Balaban J connectivity index is 1.18. The average Bonchev–Trinajstić information content (AvgIpc) is 2.48. The van der Waals surface area contributed by atoms with Gasteiger partial charge in [-0.05, 0) is 160 Å². The summed E-state index contributed by atoms with van der Waals surface area (Å²) < 4.78 is 2.79. The van der Waals surface area contributed by atoms with Crippen LogP contribution in [0.1, 0.15) is 181 Å². The summed E-state index contributed by atoms with van der Waals surface area (Å²) in [5, 5.41) is 0. The van der Waals surface area contributed by atoms with Crippen LogP contribution < -0.4 is 46.1 Å². The first kappa shape index (κ1) is 55.2. The minimum absolute atomic E-state index is 0.0118. The third kappa shape index (κ3) is 8.97. The number of fused-ring (bicyclic) bond motifs is 9. The van der Waals surface area contributed by atoms with Gasteiger partial charge in [0.2, 0.25) is 0 Å². The molecular formula is C77H83B2N3S. The van der Waals surface area contributed by atoms with Crippen LogP contribution in [0.5, 0.6) is 0 Å². The van der Waals surface area contributed by atoms with E-state index in [4.69, 9.17) is 0 Å². The van der Waals surface area contributed by atoms with Crippen LogP contribution in [0.4, 0.5) is 51.2 Å². The van der Waals surface area contributed by atoms with E-state index >= 15 is 0 Å². The van der Waals surface area contributed by atoms with Crippen LogP contribution in [0.25, 0.3) is 0 Å². The molecule has 6 heteroatoms. The Kier molecular flexibility index (Phi) is 12.5. The van der Waals surface area contributed by atoms with E-state index in [-0.39, 0.29) is 51.8 Å². The van der Waals surface area contributed by atoms with Gasteiger partial charge in [0.15, 0.2) is 0 Å². The average molecular weight is 1100 g/mol. The molecule has 9 aromatic rings. The number of hydrogen-bond acceptors (Lipinski definition) is 4. The predicted octanol–water partition coefficient (Wildman–Crippen LogP) is 17.4. The molecule has 0 fully saturated rings. The van der Waals surface area contributed by atoms with Gasteiger partial charge in [-0.2, -0.15) is 11.3 Å². The molecule has 3 nitrogen and oxygen atoms in total. The molecule has 0 radical (unpaired) electrons. The van der Waals surface area contributed by atoms with Crippen molar-refractivity contribution >= 4 is 107 Å². The lowest BCUT2D eigenvalue weighted by molar-refractivity contribution is 0.588. The SMILES string of the molecule is CC(C)(C)c1ccc(C2c3ccccc3B3c4sc5c(c4N(c4ccc(C(C)(C)C)cc4)c4cc(C(C)(C)C)cc2c43)N(c2ccc(C(C)(C)C)cc2)c2cc(C(C)(C)C)cc3c2B5c2ccccc2N3c2ccc(C(C)(C)C)cc2)cc1. The van der Waals surface area contributed by atoms with Gasteiger partial charge in [-0.1, -0.05) is 239 Å². The molecule has 13 rings (SSSR count). The second-order valence-corrected chi connectivity index (χ2v) is 31.8. The number of hydrogen-bond donors (Lipinski definition) is 0. The van der Waals surface area contributed by atoms with Crippen LogP contribution in [0.3, 0.4) is 0 Å². The summed E-state index contributed by atoms with van der Waals surface area (Å²) in [6.07, 6.45) is 0. The van der Waals surface area contributed by atoms with Crippen molar-refractivity contribution < 1.29 is 0 Å². The van der Waals surface area contributed by atoms with Crippen molar-refractivity contribution in [2.45, 2.75) is 163 Å². The van der Waals surface area contributed by atoms with Crippen LogP contribution in [0.15, 0.2) is 170 Å². The van der Waals surface area contributed by atoms with Crippen LogP contribution in [-0.2, 0) is 32.5 Å². The zero-order valence-corrected chi connectivity index (χ0v) is 53.5. The van der Waals surface area contributed by atoms with E-state index in [1.54, 1.807) is 0 Å². The third-order valence-electron chi connectivity index (χ3n) is 18.7. The molecule has 0 bridgehead atoms. The summed E-state index contributed by atoms with van der Waals surface area (Å²) in [6.45, 7) is 42.2. The standard InChI is InChI=1S/C77H83B2N3S/c1-72(2,3)48-29-27-47(28-30-48)65-57-23-19-20-24-59(57)78-66-58(65)43-52(76(13,14)15)44-62(66)81(55-39-33-50(34-40-55)74(7,8)9)68-69-71(83-70(68)78)79-60-25-21-22-26-61(60)80(54-37-31-49(32-38-54)73(4,5)6)63-45-53(77(16,17)18)46-64(67(63)79)82(69)56-41-35-51(36-42-56)75(10,11)12/h19-46,65H,1-18H3. The van der Waals surface area contributed by atoms with Crippen molar-refractivity contribution in [1.29, 1.82) is 0 Å². The molecule has 83 heavy (non-hydrogen) atoms. The summed E-state index contributed by atoms with van der Waals surface area (Å²) in [5.74, 6) is 0.0444. The number of anilines is 9. The summed E-state index contributed by atoms with van der Waals surface area (Å²) in [5.41, 5.74) is 28.6. The van der Waals surface area contributed by atoms with Gasteiger partial charge in [0, 0.05) is 55.3 Å². The minimum atomic E-state index is -0.162. The molecule has 0 saturated carbocycles. The highest BCUT2D eigenvalue weighted by Gasteiger charge is 2.52. The lowest BCUT2D eigenvalue weighted by atomic mass is 9.33.